The number of piperidine rings is 1. The van der Waals surface area contributed by atoms with Gasteiger partial charge in [0.15, 0.2) is 5.13 Å². The molecule has 0 saturated carbocycles. The summed E-state index contributed by atoms with van der Waals surface area (Å²) in [6.07, 6.45) is 3.94. The van der Waals surface area contributed by atoms with Crippen LogP contribution in [0.25, 0.3) is 22.2 Å². The summed E-state index contributed by atoms with van der Waals surface area (Å²) in [4.78, 5) is 11.7. The van der Waals surface area contributed by atoms with Crippen LogP contribution in [0.3, 0.4) is 0 Å². The van der Waals surface area contributed by atoms with E-state index in [2.05, 4.69) is 34.3 Å². The second kappa shape index (κ2) is 5.58. The van der Waals surface area contributed by atoms with Crippen molar-refractivity contribution in [2.75, 3.05) is 18.0 Å². The number of rotatable bonds is 2. The highest BCUT2D eigenvalue weighted by Crippen LogP contribution is 2.31. The normalized spacial score (nSPS) is 17.6. The largest absolute Gasteiger partial charge is 0.348 e. The zero-order chi connectivity index (χ0) is 15.9. The lowest BCUT2D eigenvalue weighted by molar-refractivity contribution is 0.364. The van der Waals surface area contributed by atoms with E-state index in [1.54, 1.807) is 11.3 Å². The van der Waals surface area contributed by atoms with Gasteiger partial charge in [-0.25, -0.2) is 4.98 Å². The summed E-state index contributed by atoms with van der Waals surface area (Å²) < 4.78 is 0. The molecule has 2 aromatic heterocycles. The topological polar surface area (TPSA) is 55.0 Å². The lowest BCUT2D eigenvalue weighted by Gasteiger charge is -2.36. The number of nitrogens with two attached hydrogens (primary N) is 1. The fourth-order valence-electron chi connectivity index (χ4n) is 2.96. The Kier molecular flexibility index (Phi) is 3.54. The van der Waals surface area contributed by atoms with E-state index in [-0.39, 0.29) is 5.54 Å². The minimum Gasteiger partial charge on any atom is -0.348 e. The number of hydrogen-bond donors (Lipinski definition) is 1. The molecule has 1 saturated heterocycles. The minimum absolute atomic E-state index is 0.0289. The molecule has 0 bridgehead atoms. The van der Waals surface area contributed by atoms with Gasteiger partial charge in [0.2, 0.25) is 0 Å². The number of aromatic nitrogens is 2. The van der Waals surface area contributed by atoms with Crippen LogP contribution >= 0.6 is 11.3 Å². The van der Waals surface area contributed by atoms with Crippen molar-refractivity contribution in [3.05, 3.63) is 41.9 Å². The summed E-state index contributed by atoms with van der Waals surface area (Å²) in [5.74, 6) is 0. The lowest BCUT2D eigenvalue weighted by atomic mass is 9.91. The van der Waals surface area contributed by atoms with E-state index in [1.165, 1.54) is 0 Å². The van der Waals surface area contributed by atoms with Gasteiger partial charge in [0.05, 0.1) is 11.2 Å². The standard InChI is InChI=1S/C18H20N4S/c1-18(19)6-8-22(9-7-18)17-21-16(12-23-17)14-10-13-4-2-3-5-15(13)20-11-14/h2-5,10-12H,6-9,19H2,1H3. The van der Waals surface area contributed by atoms with Crippen LogP contribution in [0, 0.1) is 0 Å². The minimum atomic E-state index is -0.0289. The molecule has 3 aromatic rings. The summed E-state index contributed by atoms with van der Waals surface area (Å²) in [5, 5.41) is 4.36. The number of benzene rings is 1. The maximum absolute atomic E-state index is 6.22. The smallest absolute Gasteiger partial charge is 0.185 e. The monoisotopic (exact) mass is 324 g/mol. The lowest BCUT2D eigenvalue weighted by Crippen LogP contribution is -2.48. The molecule has 0 amide bonds. The van der Waals surface area contributed by atoms with Crippen LogP contribution in [0.1, 0.15) is 19.8 Å². The number of nitrogens with zero attached hydrogens (tertiary/aromatic N) is 3. The summed E-state index contributed by atoms with van der Waals surface area (Å²) in [6, 6.07) is 10.3. The van der Waals surface area contributed by atoms with Gasteiger partial charge in [0, 0.05) is 41.2 Å². The Balaban J connectivity index is 1.59. The summed E-state index contributed by atoms with van der Waals surface area (Å²) >= 11 is 1.70. The molecule has 4 nitrogen and oxygen atoms in total. The average Bonchev–Trinajstić information content (AvgIpc) is 3.04. The third-order valence-corrected chi connectivity index (χ3v) is 5.46. The Morgan fingerprint density at radius 3 is 2.83 bits per heavy atom. The molecule has 0 aliphatic carbocycles. The Morgan fingerprint density at radius 1 is 1.22 bits per heavy atom. The molecule has 0 spiro atoms. The third-order valence-electron chi connectivity index (χ3n) is 4.55. The van der Waals surface area contributed by atoms with Crippen molar-refractivity contribution in [2.24, 2.45) is 5.73 Å². The van der Waals surface area contributed by atoms with Crippen LogP contribution in [0.5, 0.6) is 0 Å². The van der Waals surface area contributed by atoms with Gasteiger partial charge in [-0.1, -0.05) is 18.2 Å². The molecule has 1 fully saturated rings. The first kappa shape index (κ1) is 14.6. The van der Waals surface area contributed by atoms with E-state index in [1.807, 2.05) is 24.4 Å². The average molecular weight is 324 g/mol. The van der Waals surface area contributed by atoms with Gasteiger partial charge in [-0.15, -0.1) is 11.3 Å². The fourth-order valence-corrected chi connectivity index (χ4v) is 3.85. The second-order valence-electron chi connectivity index (χ2n) is 6.57. The summed E-state index contributed by atoms with van der Waals surface area (Å²) in [5.41, 5.74) is 9.28. The van der Waals surface area contributed by atoms with Crippen molar-refractivity contribution in [1.29, 1.82) is 0 Å². The van der Waals surface area contributed by atoms with Crippen LogP contribution in [0.4, 0.5) is 5.13 Å². The van der Waals surface area contributed by atoms with Crippen molar-refractivity contribution >= 4 is 27.4 Å². The van der Waals surface area contributed by atoms with Gasteiger partial charge in [0.1, 0.15) is 0 Å². The van der Waals surface area contributed by atoms with E-state index in [9.17, 15) is 0 Å². The molecule has 1 aliphatic rings. The van der Waals surface area contributed by atoms with Crippen molar-refractivity contribution in [3.63, 3.8) is 0 Å². The highest BCUT2D eigenvalue weighted by atomic mass is 32.1. The first-order valence-electron chi connectivity index (χ1n) is 7.95. The van der Waals surface area contributed by atoms with Crippen molar-refractivity contribution in [1.82, 2.24) is 9.97 Å². The van der Waals surface area contributed by atoms with E-state index in [0.717, 1.165) is 53.2 Å². The van der Waals surface area contributed by atoms with Crippen molar-refractivity contribution in [2.45, 2.75) is 25.3 Å². The molecule has 3 heterocycles. The zero-order valence-electron chi connectivity index (χ0n) is 13.2. The van der Waals surface area contributed by atoms with Crippen LogP contribution in [-0.2, 0) is 0 Å². The van der Waals surface area contributed by atoms with Crippen LogP contribution in [0.15, 0.2) is 41.9 Å². The first-order valence-corrected chi connectivity index (χ1v) is 8.83. The zero-order valence-corrected chi connectivity index (χ0v) is 14.0. The molecule has 0 atom stereocenters. The predicted molar refractivity (Wildman–Crippen MR) is 96.9 cm³/mol. The SMILES string of the molecule is CC1(N)CCN(c2nc(-c3cnc4ccccc4c3)cs2)CC1. The van der Waals surface area contributed by atoms with Crippen LogP contribution in [-0.4, -0.2) is 28.6 Å². The number of pyridine rings is 1. The van der Waals surface area contributed by atoms with Gasteiger partial charge in [-0.05, 0) is 31.9 Å². The molecule has 1 aromatic carbocycles. The van der Waals surface area contributed by atoms with Gasteiger partial charge in [-0.2, -0.15) is 0 Å². The molecule has 0 radical (unpaired) electrons. The maximum atomic E-state index is 6.22. The first-order chi connectivity index (χ1) is 11.1. The molecule has 2 N–H and O–H groups in total. The number of fused-ring (bicyclic) bond motifs is 1. The van der Waals surface area contributed by atoms with Gasteiger partial charge in [-0.3, -0.25) is 4.98 Å². The quantitative estimate of drug-likeness (QED) is 0.781. The van der Waals surface area contributed by atoms with E-state index in [0.29, 0.717) is 0 Å². The molecular weight excluding hydrogens is 304 g/mol. The van der Waals surface area contributed by atoms with E-state index >= 15 is 0 Å². The van der Waals surface area contributed by atoms with Crippen LogP contribution < -0.4 is 10.6 Å². The maximum Gasteiger partial charge on any atom is 0.185 e. The van der Waals surface area contributed by atoms with Crippen LogP contribution in [0.2, 0.25) is 0 Å². The van der Waals surface area contributed by atoms with Gasteiger partial charge in [0.25, 0.3) is 0 Å². The molecule has 0 unspecified atom stereocenters. The Bertz CT molecular complexity index is 830. The number of para-hydroxylation sites is 1. The molecule has 1 aliphatic heterocycles. The van der Waals surface area contributed by atoms with E-state index in [4.69, 9.17) is 10.7 Å². The number of thiazole rings is 1. The molecular formula is C18H20N4S. The number of anilines is 1. The Labute approximate surface area is 140 Å². The predicted octanol–water partition coefficient (Wildman–Crippen LogP) is 3.68. The molecule has 23 heavy (non-hydrogen) atoms. The Morgan fingerprint density at radius 2 is 2.00 bits per heavy atom. The second-order valence-corrected chi connectivity index (χ2v) is 7.41. The van der Waals surface area contributed by atoms with Crippen molar-refractivity contribution < 1.29 is 0 Å². The summed E-state index contributed by atoms with van der Waals surface area (Å²) in [6.45, 7) is 4.10. The highest BCUT2D eigenvalue weighted by molar-refractivity contribution is 7.14. The molecule has 4 rings (SSSR count). The number of hydrogen-bond acceptors (Lipinski definition) is 5. The summed E-state index contributed by atoms with van der Waals surface area (Å²) in [7, 11) is 0. The fraction of sp³-hybridized carbons (Fsp3) is 0.333. The third kappa shape index (κ3) is 2.94. The highest BCUT2D eigenvalue weighted by Gasteiger charge is 2.27. The van der Waals surface area contributed by atoms with Gasteiger partial charge >= 0.3 is 0 Å². The Hall–Kier alpha value is -1.98. The molecule has 5 heteroatoms. The van der Waals surface area contributed by atoms with E-state index < -0.39 is 0 Å². The van der Waals surface area contributed by atoms with Crippen molar-refractivity contribution in [3.8, 4) is 11.3 Å². The van der Waals surface area contributed by atoms with Gasteiger partial charge < -0.3 is 10.6 Å². The molecule has 118 valence electrons.